The molecule has 0 bridgehead atoms. The van der Waals surface area contributed by atoms with E-state index in [1.165, 1.54) is 5.56 Å². The molecule has 2 aromatic heterocycles. The fraction of sp³-hybridized carbons (Fsp3) is 0.409. The minimum absolute atomic E-state index is 0.106. The van der Waals surface area contributed by atoms with Gasteiger partial charge >= 0.3 is 0 Å². The summed E-state index contributed by atoms with van der Waals surface area (Å²) in [6.45, 7) is 5.54. The van der Waals surface area contributed by atoms with Gasteiger partial charge in [0.05, 0.1) is 11.6 Å². The molecule has 1 aliphatic heterocycles. The molecule has 3 heterocycles. The molecule has 1 N–H and O–H groups in total. The van der Waals surface area contributed by atoms with Crippen LogP contribution in [0.4, 0.5) is 0 Å². The Morgan fingerprint density at radius 2 is 1.93 bits per heavy atom. The summed E-state index contributed by atoms with van der Waals surface area (Å²) in [5, 5.41) is 13.8. The lowest BCUT2D eigenvalue weighted by atomic mass is 9.90. The van der Waals surface area contributed by atoms with Gasteiger partial charge in [0, 0.05) is 30.4 Å². The van der Waals surface area contributed by atoms with Crippen LogP contribution in [0.1, 0.15) is 45.4 Å². The summed E-state index contributed by atoms with van der Waals surface area (Å²) >= 11 is 1.60. The van der Waals surface area contributed by atoms with Crippen molar-refractivity contribution in [2.24, 2.45) is 13.0 Å². The third kappa shape index (κ3) is 3.09. The molecule has 4 nitrogen and oxygen atoms in total. The van der Waals surface area contributed by atoms with Crippen molar-refractivity contribution in [1.82, 2.24) is 9.47 Å². The number of aliphatic hydroxyl groups is 1. The van der Waals surface area contributed by atoms with Crippen LogP contribution < -0.4 is 0 Å². The SMILES string of the molecule is Cc1c(C(=O)N2CCC(C(O)c3cccs3)CC2)n(C)c2c(C)cccc12. The van der Waals surface area contributed by atoms with Crippen molar-refractivity contribution in [3.05, 3.63) is 57.4 Å². The Bertz CT molecular complexity index is 966. The van der Waals surface area contributed by atoms with Gasteiger partial charge in [-0.2, -0.15) is 0 Å². The maximum atomic E-state index is 13.3. The molecular formula is C22H26N2O2S. The summed E-state index contributed by atoms with van der Waals surface area (Å²) < 4.78 is 2.05. The monoisotopic (exact) mass is 382 g/mol. The Balaban J connectivity index is 1.54. The summed E-state index contributed by atoms with van der Waals surface area (Å²) in [6.07, 6.45) is 1.27. The molecule has 0 saturated carbocycles. The number of carbonyl (C=O) groups is 1. The number of rotatable bonds is 3. The summed E-state index contributed by atoms with van der Waals surface area (Å²) in [4.78, 5) is 16.3. The summed E-state index contributed by atoms with van der Waals surface area (Å²) in [5.41, 5.74) is 4.18. The lowest BCUT2D eigenvalue weighted by Gasteiger charge is -2.34. The predicted octanol–water partition coefficient (Wildman–Crippen LogP) is 4.44. The lowest BCUT2D eigenvalue weighted by Crippen LogP contribution is -2.40. The van der Waals surface area contributed by atoms with Gasteiger partial charge in [-0.05, 0) is 55.2 Å². The number of hydrogen-bond donors (Lipinski definition) is 1. The fourth-order valence-electron chi connectivity index (χ4n) is 4.46. The van der Waals surface area contributed by atoms with Crippen molar-refractivity contribution in [3.63, 3.8) is 0 Å². The van der Waals surface area contributed by atoms with Crippen LogP contribution in [0.15, 0.2) is 35.7 Å². The topological polar surface area (TPSA) is 45.5 Å². The van der Waals surface area contributed by atoms with Gasteiger partial charge in [0.2, 0.25) is 0 Å². The van der Waals surface area contributed by atoms with Gasteiger partial charge in [0.1, 0.15) is 5.69 Å². The first kappa shape index (κ1) is 18.3. The van der Waals surface area contributed by atoms with E-state index in [1.807, 2.05) is 36.4 Å². The number of carbonyl (C=O) groups excluding carboxylic acids is 1. The highest BCUT2D eigenvalue weighted by molar-refractivity contribution is 7.10. The van der Waals surface area contributed by atoms with Gasteiger partial charge in [-0.15, -0.1) is 11.3 Å². The van der Waals surface area contributed by atoms with E-state index >= 15 is 0 Å². The molecule has 3 aromatic rings. The van der Waals surface area contributed by atoms with Crippen molar-refractivity contribution in [3.8, 4) is 0 Å². The number of piperidine rings is 1. The van der Waals surface area contributed by atoms with E-state index in [-0.39, 0.29) is 11.8 Å². The number of amides is 1. The number of aromatic nitrogens is 1. The van der Waals surface area contributed by atoms with Gasteiger partial charge in [-0.3, -0.25) is 4.79 Å². The zero-order valence-electron chi connectivity index (χ0n) is 16.1. The van der Waals surface area contributed by atoms with Crippen molar-refractivity contribution in [2.45, 2.75) is 32.8 Å². The van der Waals surface area contributed by atoms with Crippen molar-refractivity contribution >= 4 is 28.1 Å². The predicted molar refractivity (Wildman–Crippen MR) is 110 cm³/mol. The van der Waals surface area contributed by atoms with E-state index in [1.54, 1.807) is 11.3 Å². The number of benzene rings is 1. The summed E-state index contributed by atoms with van der Waals surface area (Å²) in [7, 11) is 1.99. The van der Waals surface area contributed by atoms with Crippen LogP contribution in [-0.2, 0) is 7.05 Å². The maximum absolute atomic E-state index is 13.3. The molecule has 142 valence electrons. The van der Waals surface area contributed by atoms with Crippen LogP contribution in [0.25, 0.3) is 10.9 Å². The first-order chi connectivity index (χ1) is 13.0. The number of para-hydroxylation sites is 1. The number of aliphatic hydroxyl groups excluding tert-OH is 1. The normalized spacial score (nSPS) is 16.8. The third-order valence-corrected chi connectivity index (χ3v) is 6.92. The van der Waals surface area contributed by atoms with Gasteiger partial charge in [0.15, 0.2) is 0 Å². The second-order valence-corrected chi connectivity index (χ2v) is 8.57. The largest absolute Gasteiger partial charge is 0.387 e. The highest BCUT2D eigenvalue weighted by Crippen LogP contribution is 2.34. The van der Waals surface area contributed by atoms with Gasteiger partial charge in [-0.1, -0.05) is 24.3 Å². The second kappa shape index (κ2) is 7.13. The van der Waals surface area contributed by atoms with Crippen molar-refractivity contribution in [1.29, 1.82) is 0 Å². The average Bonchev–Trinajstić information content (AvgIpc) is 3.29. The molecule has 27 heavy (non-hydrogen) atoms. The first-order valence-electron chi connectivity index (χ1n) is 9.54. The maximum Gasteiger partial charge on any atom is 0.270 e. The van der Waals surface area contributed by atoms with E-state index in [0.717, 1.165) is 39.9 Å². The number of likely N-dealkylation sites (tertiary alicyclic amines) is 1. The molecule has 1 saturated heterocycles. The van der Waals surface area contributed by atoms with E-state index in [4.69, 9.17) is 0 Å². The number of nitrogens with zero attached hydrogens (tertiary/aromatic N) is 2. The van der Waals surface area contributed by atoms with Crippen molar-refractivity contribution < 1.29 is 9.90 Å². The minimum atomic E-state index is -0.413. The lowest BCUT2D eigenvalue weighted by molar-refractivity contribution is 0.0467. The fourth-order valence-corrected chi connectivity index (χ4v) is 5.26. The van der Waals surface area contributed by atoms with Crippen LogP contribution >= 0.6 is 11.3 Å². The zero-order chi connectivity index (χ0) is 19.1. The van der Waals surface area contributed by atoms with Crippen LogP contribution in [-0.4, -0.2) is 33.6 Å². The van der Waals surface area contributed by atoms with E-state index in [9.17, 15) is 9.90 Å². The molecule has 5 heteroatoms. The molecule has 1 unspecified atom stereocenters. The van der Waals surface area contributed by atoms with Crippen molar-refractivity contribution in [2.75, 3.05) is 13.1 Å². The molecular weight excluding hydrogens is 356 g/mol. The van der Waals surface area contributed by atoms with Crippen LogP contribution in [0, 0.1) is 19.8 Å². The molecule has 0 aliphatic carbocycles. The molecule has 0 radical (unpaired) electrons. The van der Waals surface area contributed by atoms with Crippen LogP contribution in [0.5, 0.6) is 0 Å². The summed E-state index contributed by atoms with van der Waals surface area (Å²) in [5.74, 6) is 0.332. The van der Waals surface area contributed by atoms with E-state index < -0.39 is 6.10 Å². The first-order valence-corrected chi connectivity index (χ1v) is 10.4. The van der Waals surface area contributed by atoms with E-state index in [2.05, 4.69) is 29.7 Å². The van der Waals surface area contributed by atoms with Crippen LogP contribution in [0.2, 0.25) is 0 Å². The molecule has 4 rings (SSSR count). The average molecular weight is 383 g/mol. The van der Waals surface area contributed by atoms with Gasteiger partial charge in [-0.25, -0.2) is 0 Å². The Morgan fingerprint density at radius 3 is 2.56 bits per heavy atom. The Labute approximate surface area is 164 Å². The molecule has 1 amide bonds. The zero-order valence-corrected chi connectivity index (χ0v) is 16.9. The Hall–Kier alpha value is -2.11. The van der Waals surface area contributed by atoms with Gasteiger partial charge in [0.25, 0.3) is 5.91 Å². The third-order valence-electron chi connectivity index (χ3n) is 5.98. The second-order valence-electron chi connectivity index (χ2n) is 7.59. The highest BCUT2D eigenvalue weighted by atomic mass is 32.1. The Kier molecular flexibility index (Phi) is 4.82. The number of thiophene rings is 1. The molecule has 1 aliphatic rings. The number of aryl methyl sites for hydroxylation is 3. The number of fused-ring (bicyclic) bond motifs is 1. The quantitative estimate of drug-likeness (QED) is 0.728. The Morgan fingerprint density at radius 1 is 1.19 bits per heavy atom. The smallest absolute Gasteiger partial charge is 0.270 e. The highest BCUT2D eigenvalue weighted by Gasteiger charge is 2.31. The molecule has 1 aromatic carbocycles. The molecule has 1 fully saturated rings. The van der Waals surface area contributed by atoms with Gasteiger partial charge < -0.3 is 14.6 Å². The number of hydrogen-bond acceptors (Lipinski definition) is 3. The summed E-state index contributed by atoms with van der Waals surface area (Å²) in [6, 6.07) is 10.2. The minimum Gasteiger partial charge on any atom is -0.387 e. The molecule has 1 atom stereocenters. The van der Waals surface area contributed by atoms with Crippen LogP contribution in [0.3, 0.4) is 0 Å². The standard InChI is InChI=1S/C22H26N2O2S/c1-14-6-4-7-17-15(2)20(23(3)19(14)17)22(26)24-11-9-16(10-12-24)21(25)18-8-5-13-27-18/h4-8,13,16,21,25H,9-12H2,1-3H3. The molecule has 0 spiro atoms. The van der Waals surface area contributed by atoms with E-state index in [0.29, 0.717) is 13.1 Å².